The Labute approximate surface area is 159 Å². The molecule has 3 aromatic rings. The molecule has 1 heterocycles. The van der Waals surface area contributed by atoms with Crippen LogP contribution < -0.4 is 5.32 Å². The van der Waals surface area contributed by atoms with Crippen molar-refractivity contribution < 1.29 is 22.4 Å². The summed E-state index contributed by atoms with van der Waals surface area (Å²) in [5, 5.41) is 4.52. The van der Waals surface area contributed by atoms with E-state index in [1.54, 1.807) is 12.4 Å². The molecule has 1 atom stereocenters. The fourth-order valence-corrected chi connectivity index (χ4v) is 2.97. The Morgan fingerprint density at radius 3 is 2.54 bits per heavy atom. The van der Waals surface area contributed by atoms with Crippen molar-refractivity contribution in [3.63, 3.8) is 0 Å². The highest BCUT2D eigenvalue weighted by Gasteiger charge is 2.30. The van der Waals surface area contributed by atoms with E-state index in [-0.39, 0.29) is 30.9 Å². The van der Waals surface area contributed by atoms with E-state index in [9.17, 15) is 22.4 Å². The number of benzene rings is 2. The minimum Gasteiger partial charge on any atom is -0.356 e. The Bertz CT molecular complexity index is 949. The second kappa shape index (κ2) is 8.37. The molecule has 0 spiro atoms. The lowest BCUT2D eigenvalue weighted by molar-refractivity contribution is -0.137. The molecule has 0 radical (unpaired) electrons. The zero-order valence-electron chi connectivity index (χ0n) is 14.8. The van der Waals surface area contributed by atoms with Crippen LogP contribution in [0.25, 0.3) is 10.8 Å². The van der Waals surface area contributed by atoms with Crippen molar-refractivity contribution in [1.82, 2.24) is 10.3 Å². The van der Waals surface area contributed by atoms with Gasteiger partial charge in [-0.15, -0.1) is 0 Å². The van der Waals surface area contributed by atoms with E-state index in [2.05, 4.69) is 10.3 Å². The van der Waals surface area contributed by atoms with Crippen LogP contribution in [0.2, 0.25) is 0 Å². The first kappa shape index (κ1) is 19.8. The van der Waals surface area contributed by atoms with Gasteiger partial charge in [-0.1, -0.05) is 30.3 Å². The number of aromatic nitrogens is 1. The average molecular weight is 390 g/mol. The number of carbonyl (C=O) groups is 1. The molecule has 7 heteroatoms. The number of fused-ring (bicyclic) bond motifs is 1. The van der Waals surface area contributed by atoms with Gasteiger partial charge in [0.05, 0.1) is 12.0 Å². The van der Waals surface area contributed by atoms with Crippen LogP contribution in [-0.2, 0) is 17.4 Å². The van der Waals surface area contributed by atoms with Crippen molar-refractivity contribution in [1.29, 1.82) is 0 Å². The molecule has 3 nitrogen and oxygen atoms in total. The fourth-order valence-electron chi connectivity index (χ4n) is 2.97. The highest BCUT2D eigenvalue weighted by Crippen LogP contribution is 2.31. The van der Waals surface area contributed by atoms with Gasteiger partial charge in [0.2, 0.25) is 5.91 Å². The highest BCUT2D eigenvalue weighted by atomic mass is 19.4. The van der Waals surface area contributed by atoms with Crippen molar-refractivity contribution in [2.75, 3.05) is 6.54 Å². The van der Waals surface area contributed by atoms with Crippen molar-refractivity contribution in [3.8, 4) is 0 Å². The van der Waals surface area contributed by atoms with Gasteiger partial charge in [-0.05, 0) is 34.7 Å². The molecule has 1 N–H and O–H groups in total. The van der Waals surface area contributed by atoms with Crippen LogP contribution in [0.5, 0.6) is 0 Å². The molecular formula is C21H18F4N2O. The SMILES string of the molecule is O=C(Cc1cccc2cnccc12)NCCC(F)c1ccc(C(F)(F)F)cc1. The summed E-state index contributed by atoms with van der Waals surface area (Å²) in [6, 6.07) is 11.4. The topological polar surface area (TPSA) is 42.0 Å². The lowest BCUT2D eigenvalue weighted by atomic mass is 10.0. The molecule has 0 aliphatic heterocycles. The smallest absolute Gasteiger partial charge is 0.356 e. The van der Waals surface area contributed by atoms with Crippen LogP contribution in [0.3, 0.4) is 0 Å². The molecule has 1 unspecified atom stereocenters. The van der Waals surface area contributed by atoms with Gasteiger partial charge in [0, 0.05) is 30.7 Å². The number of rotatable bonds is 6. The normalized spacial score (nSPS) is 12.7. The molecule has 146 valence electrons. The van der Waals surface area contributed by atoms with E-state index in [1.807, 2.05) is 24.3 Å². The summed E-state index contributed by atoms with van der Waals surface area (Å²) in [5.74, 6) is -0.246. The largest absolute Gasteiger partial charge is 0.416 e. The fraction of sp³-hybridized carbons (Fsp3) is 0.238. The van der Waals surface area contributed by atoms with Gasteiger partial charge in [0.15, 0.2) is 0 Å². The summed E-state index contributed by atoms with van der Waals surface area (Å²) in [6.45, 7) is 0.0906. The van der Waals surface area contributed by atoms with Crippen LogP contribution >= 0.6 is 0 Å². The summed E-state index contributed by atoms with van der Waals surface area (Å²) >= 11 is 0. The van der Waals surface area contributed by atoms with E-state index in [0.717, 1.165) is 40.6 Å². The Morgan fingerprint density at radius 1 is 1.07 bits per heavy atom. The van der Waals surface area contributed by atoms with Gasteiger partial charge in [-0.3, -0.25) is 9.78 Å². The molecule has 0 aliphatic rings. The van der Waals surface area contributed by atoms with Crippen LogP contribution in [0, 0.1) is 0 Å². The molecule has 0 saturated carbocycles. The van der Waals surface area contributed by atoms with Gasteiger partial charge < -0.3 is 5.32 Å². The minimum atomic E-state index is -4.45. The first-order valence-electron chi connectivity index (χ1n) is 8.74. The van der Waals surface area contributed by atoms with Gasteiger partial charge in [0.25, 0.3) is 0 Å². The highest BCUT2D eigenvalue weighted by molar-refractivity contribution is 5.89. The summed E-state index contributed by atoms with van der Waals surface area (Å²) < 4.78 is 51.8. The first-order chi connectivity index (χ1) is 13.3. The predicted molar refractivity (Wildman–Crippen MR) is 98.4 cm³/mol. The average Bonchev–Trinajstić information content (AvgIpc) is 2.67. The number of nitrogens with one attached hydrogen (secondary N) is 1. The van der Waals surface area contributed by atoms with E-state index in [0.29, 0.717) is 0 Å². The molecule has 1 aromatic heterocycles. The van der Waals surface area contributed by atoms with Crippen LogP contribution in [0.4, 0.5) is 17.6 Å². The van der Waals surface area contributed by atoms with E-state index in [1.165, 1.54) is 0 Å². The van der Waals surface area contributed by atoms with E-state index >= 15 is 0 Å². The van der Waals surface area contributed by atoms with Crippen molar-refractivity contribution >= 4 is 16.7 Å². The Morgan fingerprint density at radius 2 is 1.82 bits per heavy atom. The molecule has 0 fully saturated rings. The molecule has 28 heavy (non-hydrogen) atoms. The molecule has 3 rings (SSSR count). The predicted octanol–water partition coefficient (Wildman–Crippen LogP) is 5.01. The van der Waals surface area contributed by atoms with Crippen LogP contribution in [-0.4, -0.2) is 17.4 Å². The number of hydrogen-bond donors (Lipinski definition) is 1. The maximum atomic E-state index is 14.2. The lowest BCUT2D eigenvalue weighted by Crippen LogP contribution is -2.26. The lowest BCUT2D eigenvalue weighted by Gasteiger charge is -2.12. The van der Waals surface area contributed by atoms with Crippen molar-refractivity contribution in [3.05, 3.63) is 77.6 Å². The summed E-state index contributed by atoms with van der Waals surface area (Å²) in [5.41, 5.74) is 0.183. The van der Waals surface area contributed by atoms with Crippen LogP contribution in [0.1, 0.15) is 29.3 Å². The Hall–Kier alpha value is -2.96. The minimum absolute atomic E-state index is 0.0173. The van der Waals surface area contributed by atoms with Gasteiger partial charge in [-0.25, -0.2) is 4.39 Å². The standard InChI is InChI=1S/C21H18F4N2O/c22-19(14-4-6-17(7-5-14)21(23,24)25)9-11-27-20(28)12-15-2-1-3-16-13-26-10-8-18(15)16/h1-8,10,13,19H,9,11-12H2,(H,27,28). The summed E-state index contributed by atoms with van der Waals surface area (Å²) in [4.78, 5) is 16.2. The summed E-state index contributed by atoms with van der Waals surface area (Å²) in [6.07, 6.45) is -2.40. The number of halogens is 4. The van der Waals surface area contributed by atoms with Gasteiger partial charge >= 0.3 is 6.18 Å². The molecular weight excluding hydrogens is 372 g/mol. The number of hydrogen-bond acceptors (Lipinski definition) is 2. The Kier molecular flexibility index (Phi) is 5.92. The first-order valence-corrected chi connectivity index (χ1v) is 8.74. The quantitative estimate of drug-likeness (QED) is 0.601. The third-order valence-corrected chi connectivity index (χ3v) is 4.44. The number of pyridine rings is 1. The van der Waals surface area contributed by atoms with E-state index < -0.39 is 17.9 Å². The molecule has 0 saturated heterocycles. The second-order valence-electron chi connectivity index (χ2n) is 6.42. The molecule has 0 aliphatic carbocycles. The van der Waals surface area contributed by atoms with Crippen molar-refractivity contribution in [2.24, 2.45) is 0 Å². The Balaban J connectivity index is 1.52. The zero-order valence-corrected chi connectivity index (χ0v) is 14.8. The summed E-state index contributed by atoms with van der Waals surface area (Å²) in [7, 11) is 0. The zero-order chi connectivity index (χ0) is 20.1. The number of alkyl halides is 4. The second-order valence-corrected chi connectivity index (χ2v) is 6.42. The molecule has 0 bridgehead atoms. The van der Waals surface area contributed by atoms with Gasteiger partial charge in [0.1, 0.15) is 6.17 Å². The number of nitrogens with zero attached hydrogens (tertiary/aromatic N) is 1. The molecule has 2 aromatic carbocycles. The van der Waals surface area contributed by atoms with E-state index in [4.69, 9.17) is 0 Å². The number of amides is 1. The van der Waals surface area contributed by atoms with Gasteiger partial charge in [-0.2, -0.15) is 13.2 Å². The monoisotopic (exact) mass is 390 g/mol. The maximum Gasteiger partial charge on any atom is 0.416 e. The van der Waals surface area contributed by atoms with Crippen molar-refractivity contribution in [2.45, 2.75) is 25.2 Å². The third-order valence-electron chi connectivity index (χ3n) is 4.44. The number of carbonyl (C=O) groups excluding carboxylic acids is 1. The van der Waals surface area contributed by atoms with Crippen LogP contribution in [0.15, 0.2) is 60.9 Å². The maximum absolute atomic E-state index is 14.2. The third kappa shape index (κ3) is 4.85. The molecule has 1 amide bonds.